The molecule has 0 saturated carbocycles. The molecule has 1 rings (SSSR count). The lowest BCUT2D eigenvalue weighted by molar-refractivity contribution is -0.283. The van der Waals surface area contributed by atoms with Crippen molar-refractivity contribution in [3.05, 3.63) is 34.4 Å². The topological polar surface area (TPSA) is 0 Å². The standard InChI is InChI=1S/C10H4BrClF8/c11-7(8(9(15,16)17)10(18,19)20)3-1-5(13)6(14)2-4(3)12/h1-2,7-8H. The smallest absolute Gasteiger partial charge is 0.204 e. The molecule has 20 heavy (non-hydrogen) atoms. The van der Waals surface area contributed by atoms with E-state index >= 15 is 0 Å². The van der Waals surface area contributed by atoms with Crippen molar-refractivity contribution in [1.29, 1.82) is 0 Å². The highest BCUT2D eigenvalue weighted by Crippen LogP contribution is 2.51. The first-order valence-corrected chi connectivity index (χ1v) is 6.07. The van der Waals surface area contributed by atoms with Gasteiger partial charge in [-0.25, -0.2) is 8.78 Å². The number of benzene rings is 1. The van der Waals surface area contributed by atoms with Crippen molar-refractivity contribution in [2.24, 2.45) is 5.92 Å². The highest BCUT2D eigenvalue weighted by Gasteiger charge is 2.60. The van der Waals surface area contributed by atoms with E-state index in [1.54, 1.807) is 0 Å². The summed E-state index contributed by atoms with van der Waals surface area (Å²) in [6, 6.07) is 0.506. The van der Waals surface area contributed by atoms with Crippen LogP contribution in [0.15, 0.2) is 12.1 Å². The molecule has 1 atom stereocenters. The second-order valence-electron chi connectivity index (χ2n) is 3.75. The van der Waals surface area contributed by atoms with Crippen molar-refractivity contribution in [2.45, 2.75) is 17.2 Å². The molecule has 0 amide bonds. The fourth-order valence-electron chi connectivity index (χ4n) is 1.45. The van der Waals surface area contributed by atoms with E-state index in [1.165, 1.54) is 0 Å². The van der Waals surface area contributed by atoms with Gasteiger partial charge in [-0.2, -0.15) is 26.3 Å². The summed E-state index contributed by atoms with van der Waals surface area (Å²) >= 11 is 7.59. The molecule has 0 aliphatic heterocycles. The van der Waals surface area contributed by atoms with Gasteiger partial charge in [-0.1, -0.05) is 27.5 Å². The molecule has 0 aliphatic rings. The van der Waals surface area contributed by atoms with Crippen LogP contribution in [0.5, 0.6) is 0 Å². The largest absolute Gasteiger partial charge is 0.401 e. The summed E-state index contributed by atoms with van der Waals surface area (Å²) < 4.78 is 101. The van der Waals surface area contributed by atoms with Crippen molar-refractivity contribution >= 4 is 27.5 Å². The molecule has 0 nitrogen and oxygen atoms in total. The molecule has 0 N–H and O–H groups in total. The fourth-order valence-corrected chi connectivity index (χ4v) is 2.82. The average Bonchev–Trinajstić information content (AvgIpc) is 2.18. The highest BCUT2D eigenvalue weighted by atomic mass is 79.9. The van der Waals surface area contributed by atoms with E-state index in [9.17, 15) is 35.1 Å². The quantitative estimate of drug-likeness (QED) is 0.340. The predicted molar refractivity (Wildman–Crippen MR) is 58.6 cm³/mol. The molecule has 10 heteroatoms. The predicted octanol–water partition coefficient (Wildman–Crippen LogP) is 5.80. The van der Waals surface area contributed by atoms with E-state index < -0.39 is 45.3 Å². The van der Waals surface area contributed by atoms with Crippen molar-refractivity contribution in [1.82, 2.24) is 0 Å². The van der Waals surface area contributed by atoms with E-state index in [4.69, 9.17) is 11.6 Å². The number of rotatable bonds is 2. The Morgan fingerprint density at radius 2 is 1.30 bits per heavy atom. The molecule has 0 saturated heterocycles. The van der Waals surface area contributed by atoms with Crippen molar-refractivity contribution < 1.29 is 35.1 Å². The second-order valence-corrected chi connectivity index (χ2v) is 5.14. The van der Waals surface area contributed by atoms with Gasteiger partial charge in [0.05, 0.1) is 4.83 Å². The second kappa shape index (κ2) is 5.67. The van der Waals surface area contributed by atoms with E-state index in [0.717, 1.165) is 0 Å². The number of halogens is 10. The first-order valence-electron chi connectivity index (χ1n) is 4.77. The molecule has 114 valence electrons. The van der Waals surface area contributed by atoms with Gasteiger partial charge in [-0.15, -0.1) is 0 Å². The molecule has 0 spiro atoms. The van der Waals surface area contributed by atoms with Crippen molar-refractivity contribution in [2.75, 3.05) is 0 Å². The van der Waals surface area contributed by atoms with Gasteiger partial charge >= 0.3 is 12.4 Å². The zero-order valence-electron chi connectivity index (χ0n) is 9.09. The minimum atomic E-state index is -5.64. The third-order valence-electron chi connectivity index (χ3n) is 2.33. The maximum Gasteiger partial charge on any atom is 0.401 e. The van der Waals surface area contributed by atoms with Crippen LogP contribution in [0.25, 0.3) is 0 Å². The summed E-state index contributed by atoms with van der Waals surface area (Å²) in [5, 5.41) is -0.746. The monoisotopic (exact) mass is 390 g/mol. The van der Waals surface area contributed by atoms with Gasteiger partial charge in [-0.3, -0.25) is 0 Å². The van der Waals surface area contributed by atoms with Crippen molar-refractivity contribution in [3.63, 3.8) is 0 Å². The molecule has 0 heterocycles. The lowest BCUT2D eigenvalue weighted by Crippen LogP contribution is -2.39. The lowest BCUT2D eigenvalue weighted by atomic mass is 9.97. The SMILES string of the molecule is Fc1cc(Cl)c(C(Br)C(C(F)(F)F)C(F)(F)F)cc1F. The van der Waals surface area contributed by atoms with Crippen LogP contribution in [0.1, 0.15) is 10.4 Å². The van der Waals surface area contributed by atoms with Crippen LogP contribution >= 0.6 is 27.5 Å². The van der Waals surface area contributed by atoms with Crippen LogP contribution in [0, 0.1) is 17.6 Å². The van der Waals surface area contributed by atoms with Crippen LogP contribution in [-0.4, -0.2) is 12.4 Å². The summed E-state index contributed by atoms with van der Waals surface area (Å²) in [5.41, 5.74) is -0.842. The zero-order valence-corrected chi connectivity index (χ0v) is 11.4. The molecule has 0 radical (unpaired) electrons. The van der Waals surface area contributed by atoms with Crippen LogP contribution < -0.4 is 0 Å². The van der Waals surface area contributed by atoms with Gasteiger partial charge < -0.3 is 0 Å². The van der Waals surface area contributed by atoms with Gasteiger partial charge in [0.15, 0.2) is 17.6 Å². The molecule has 0 bridgehead atoms. The number of alkyl halides is 7. The van der Waals surface area contributed by atoms with E-state index in [2.05, 4.69) is 15.9 Å². The normalized spacial score (nSPS) is 14.8. The Kier molecular flexibility index (Phi) is 4.95. The molecule has 1 aromatic carbocycles. The van der Waals surface area contributed by atoms with E-state index in [0.29, 0.717) is 6.07 Å². The maximum atomic E-state index is 13.0. The molecule has 0 aromatic heterocycles. The van der Waals surface area contributed by atoms with Gasteiger partial charge in [-0.05, 0) is 17.7 Å². The minimum absolute atomic E-state index is 0.196. The lowest BCUT2D eigenvalue weighted by Gasteiger charge is -2.27. The third-order valence-corrected chi connectivity index (χ3v) is 3.68. The van der Waals surface area contributed by atoms with Gasteiger partial charge in [0.2, 0.25) is 0 Å². The Labute approximate surface area is 120 Å². The molecule has 0 aliphatic carbocycles. The molecule has 1 unspecified atom stereocenters. The van der Waals surface area contributed by atoms with Crippen LogP contribution in [0.4, 0.5) is 35.1 Å². The Morgan fingerprint density at radius 3 is 1.70 bits per heavy atom. The Morgan fingerprint density at radius 1 is 0.900 bits per heavy atom. The van der Waals surface area contributed by atoms with E-state index in [-0.39, 0.29) is 6.07 Å². The Bertz CT molecular complexity index is 481. The first kappa shape index (κ1) is 17.5. The first-order chi connectivity index (χ1) is 8.85. The molecule has 1 aromatic rings. The third kappa shape index (κ3) is 3.75. The fraction of sp³-hybridized carbons (Fsp3) is 0.400. The van der Waals surface area contributed by atoms with Crippen LogP contribution in [0.2, 0.25) is 5.02 Å². The minimum Gasteiger partial charge on any atom is -0.204 e. The molecular weight excluding hydrogens is 387 g/mol. The Balaban J connectivity index is 3.34. The molecular formula is C10H4BrClF8. The summed E-state index contributed by atoms with van der Waals surface area (Å²) in [4.78, 5) is -2.40. The van der Waals surface area contributed by atoms with Crippen LogP contribution in [0.3, 0.4) is 0 Å². The summed E-state index contributed by atoms with van der Waals surface area (Å²) in [7, 11) is 0. The highest BCUT2D eigenvalue weighted by molar-refractivity contribution is 9.09. The van der Waals surface area contributed by atoms with Crippen molar-refractivity contribution in [3.8, 4) is 0 Å². The van der Waals surface area contributed by atoms with Gasteiger partial charge in [0.1, 0.15) is 0 Å². The Hall–Kier alpha value is -0.570. The summed E-state index contributed by atoms with van der Waals surface area (Å²) in [6.45, 7) is 0. The summed E-state index contributed by atoms with van der Waals surface area (Å²) in [6.07, 6.45) is -11.3. The average molecular weight is 391 g/mol. The van der Waals surface area contributed by atoms with E-state index in [1.807, 2.05) is 0 Å². The van der Waals surface area contributed by atoms with Crippen LogP contribution in [-0.2, 0) is 0 Å². The summed E-state index contributed by atoms with van der Waals surface area (Å²) in [5.74, 6) is -6.89. The maximum absolute atomic E-state index is 13.0. The molecule has 0 fully saturated rings. The van der Waals surface area contributed by atoms with Gasteiger partial charge in [0, 0.05) is 5.02 Å². The zero-order chi connectivity index (χ0) is 15.9. The number of hydrogen-bond acceptors (Lipinski definition) is 0. The number of hydrogen-bond donors (Lipinski definition) is 0. The van der Waals surface area contributed by atoms with Gasteiger partial charge in [0.25, 0.3) is 0 Å².